The first kappa shape index (κ1) is 10.7. The molecule has 2 N–H and O–H groups in total. The number of rotatable bonds is 3. The molecule has 2 heteroatoms. The summed E-state index contributed by atoms with van der Waals surface area (Å²) in [6.45, 7) is 2.11. The lowest BCUT2D eigenvalue weighted by Gasteiger charge is -2.26. The van der Waals surface area contributed by atoms with Crippen molar-refractivity contribution < 1.29 is 4.42 Å². The Morgan fingerprint density at radius 1 is 1.33 bits per heavy atom. The number of nitrogens with two attached hydrogens (primary N) is 1. The maximum Gasteiger partial charge on any atom is 0.121 e. The van der Waals surface area contributed by atoms with Crippen LogP contribution >= 0.6 is 0 Å². The molecule has 15 heavy (non-hydrogen) atoms. The Kier molecular flexibility index (Phi) is 3.47. The Bertz CT molecular complexity index is 299. The van der Waals surface area contributed by atoms with Gasteiger partial charge in [-0.1, -0.05) is 26.2 Å². The van der Waals surface area contributed by atoms with Gasteiger partial charge in [-0.15, -0.1) is 0 Å². The molecule has 2 rings (SSSR count). The molecule has 0 unspecified atom stereocenters. The maximum absolute atomic E-state index is 6.24. The van der Waals surface area contributed by atoms with E-state index in [4.69, 9.17) is 10.2 Å². The van der Waals surface area contributed by atoms with Crippen molar-refractivity contribution in [3.05, 3.63) is 23.7 Å². The molecule has 1 fully saturated rings. The van der Waals surface area contributed by atoms with E-state index >= 15 is 0 Å². The van der Waals surface area contributed by atoms with Crippen LogP contribution in [0.1, 0.15) is 56.6 Å². The molecule has 0 radical (unpaired) electrons. The van der Waals surface area contributed by atoms with Crippen LogP contribution in [0.3, 0.4) is 0 Å². The summed E-state index contributed by atoms with van der Waals surface area (Å²) < 4.78 is 5.72. The van der Waals surface area contributed by atoms with Gasteiger partial charge in [0.1, 0.15) is 11.5 Å². The summed E-state index contributed by atoms with van der Waals surface area (Å²) in [6, 6.07) is 4.22. The van der Waals surface area contributed by atoms with Crippen LogP contribution in [-0.2, 0) is 6.42 Å². The fourth-order valence-corrected chi connectivity index (χ4v) is 2.49. The number of hydrogen-bond donors (Lipinski definition) is 1. The number of aryl methyl sites for hydroxylation is 1. The summed E-state index contributed by atoms with van der Waals surface area (Å²) in [6.07, 6.45) is 7.53. The van der Waals surface area contributed by atoms with Crippen molar-refractivity contribution >= 4 is 0 Å². The van der Waals surface area contributed by atoms with Crippen molar-refractivity contribution in [2.24, 2.45) is 11.7 Å². The Morgan fingerprint density at radius 3 is 2.67 bits per heavy atom. The predicted octanol–water partition coefficient (Wildman–Crippen LogP) is 3.42. The van der Waals surface area contributed by atoms with Crippen LogP contribution in [0.4, 0.5) is 0 Å². The van der Waals surface area contributed by atoms with E-state index in [0.29, 0.717) is 5.92 Å². The Hall–Kier alpha value is -0.760. The summed E-state index contributed by atoms with van der Waals surface area (Å²) >= 11 is 0. The largest absolute Gasteiger partial charge is 0.464 e. The molecule has 1 aromatic rings. The van der Waals surface area contributed by atoms with Crippen LogP contribution < -0.4 is 5.73 Å². The predicted molar refractivity (Wildman–Crippen MR) is 61.6 cm³/mol. The molecule has 84 valence electrons. The lowest BCUT2D eigenvalue weighted by molar-refractivity contribution is 0.277. The Labute approximate surface area is 91.8 Å². The summed E-state index contributed by atoms with van der Waals surface area (Å²) in [5, 5.41) is 0. The van der Waals surface area contributed by atoms with Gasteiger partial charge < -0.3 is 10.2 Å². The van der Waals surface area contributed by atoms with E-state index in [-0.39, 0.29) is 6.04 Å². The monoisotopic (exact) mass is 207 g/mol. The molecule has 0 amide bonds. The average Bonchev–Trinajstić information content (AvgIpc) is 2.78. The zero-order chi connectivity index (χ0) is 10.7. The molecule has 1 heterocycles. The molecule has 1 atom stereocenters. The minimum atomic E-state index is 0.116. The van der Waals surface area contributed by atoms with Gasteiger partial charge in [0.2, 0.25) is 0 Å². The van der Waals surface area contributed by atoms with Crippen LogP contribution in [0.15, 0.2) is 16.5 Å². The van der Waals surface area contributed by atoms with Gasteiger partial charge in [-0.25, -0.2) is 0 Å². The van der Waals surface area contributed by atoms with Crippen molar-refractivity contribution in [2.45, 2.75) is 51.5 Å². The van der Waals surface area contributed by atoms with Crippen molar-refractivity contribution in [1.29, 1.82) is 0 Å². The first-order valence-corrected chi connectivity index (χ1v) is 6.15. The molecule has 1 aromatic heterocycles. The highest BCUT2D eigenvalue weighted by molar-refractivity contribution is 5.11. The molecule has 0 aliphatic heterocycles. The highest BCUT2D eigenvalue weighted by atomic mass is 16.3. The lowest BCUT2D eigenvalue weighted by Crippen LogP contribution is -2.23. The van der Waals surface area contributed by atoms with Crippen LogP contribution in [0.5, 0.6) is 0 Å². The van der Waals surface area contributed by atoms with Gasteiger partial charge in [0, 0.05) is 6.42 Å². The molecule has 0 bridgehead atoms. The molecule has 0 saturated heterocycles. The zero-order valence-corrected chi connectivity index (χ0v) is 9.54. The quantitative estimate of drug-likeness (QED) is 0.824. The highest BCUT2D eigenvalue weighted by Crippen LogP contribution is 2.33. The molecular weight excluding hydrogens is 186 g/mol. The van der Waals surface area contributed by atoms with E-state index in [1.54, 1.807) is 0 Å². The summed E-state index contributed by atoms with van der Waals surface area (Å²) in [5.41, 5.74) is 6.24. The van der Waals surface area contributed by atoms with Crippen molar-refractivity contribution in [2.75, 3.05) is 0 Å². The topological polar surface area (TPSA) is 39.2 Å². The molecule has 1 aliphatic rings. The summed E-state index contributed by atoms with van der Waals surface area (Å²) in [7, 11) is 0. The Balaban J connectivity index is 2.02. The molecule has 2 nitrogen and oxygen atoms in total. The lowest BCUT2D eigenvalue weighted by atomic mass is 9.83. The first-order valence-electron chi connectivity index (χ1n) is 6.15. The van der Waals surface area contributed by atoms with Crippen LogP contribution in [0, 0.1) is 5.92 Å². The minimum absolute atomic E-state index is 0.116. The van der Waals surface area contributed by atoms with Gasteiger partial charge in [-0.2, -0.15) is 0 Å². The van der Waals surface area contributed by atoms with E-state index in [1.807, 2.05) is 0 Å². The van der Waals surface area contributed by atoms with Gasteiger partial charge in [-0.3, -0.25) is 0 Å². The summed E-state index contributed by atoms with van der Waals surface area (Å²) in [4.78, 5) is 0. The summed E-state index contributed by atoms with van der Waals surface area (Å²) in [5.74, 6) is 2.67. The van der Waals surface area contributed by atoms with Crippen molar-refractivity contribution in [3.8, 4) is 0 Å². The second-order valence-corrected chi connectivity index (χ2v) is 4.58. The standard InChI is InChI=1S/C13H21NO/c1-2-11-8-9-12(15-11)13(14)10-6-4-3-5-7-10/h8-10,13H,2-7,14H2,1H3/t13-/m0/s1. The van der Waals surface area contributed by atoms with Gasteiger partial charge in [0.05, 0.1) is 6.04 Å². The first-order chi connectivity index (χ1) is 7.31. The maximum atomic E-state index is 6.24. The van der Waals surface area contributed by atoms with Crippen LogP contribution in [0.2, 0.25) is 0 Å². The number of hydrogen-bond acceptors (Lipinski definition) is 2. The smallest absolute Gasteiger partial charge is 0.121 e. The number of furan rings is 1. The zero-order valence-electron chi connectivity index (χ0n) is 9.54. The van der Waals surface area contributed by atoms with Crippen molar-refractivity contribution in [3.63, 3.8) is 0 Å². The molecular formula is C13H21NO. The van der Waals surface area contributed by atoms with E-state index in [2.05, 4.69) is 19.1 Å². The van der Waals surface area contributed by atoms with Gasteiger partial charge >= 0.3 is 0 Å². The van der Waals surface area contributed by atoms with Crippen LogP contribution in [0.25, 0.3) is 0 Å². The van der Waals surface area contributed by atoms with Gasteiger partial charge in [-0.05, 0) is 30.9 Å². The third-order valence-electron chi connectivity index (χ3n) is 3.52. The average molecular weight is 207 g/mol. The van der Waals surface area contributed by atoms with Gasteiger partial charge in [0.15, 0.2) is 0 Å². The molecule has 0 spiro atoms. The second kappa shape index (κ2) is 4.84. The fourth-order valence-electron chi connectivity index (χ4n) is 2.49. The SMILES string of the molecule is CCc1ccc([C@@H](N)C2CCCCC2)o1. The third kappa shape index (κ3) is 2.43. The minimum Gasteiger partial charge on any atom is -0.464 e. The van der Waals surface area contributed by atoms with E-state index in [1.165, 1.54) is 32.1 Å². The van der Waals surface area contributed by atoms with Crippen LogP contribution in [-0.4, -0.2) is 0 Å². The second-order valence-electron chi connectivity index (χ2n) is 4.58. The molecule has 0 aromatic carbocycles. The van der Waals surface area contributed by atoms with E-state index in [9.17, 15) is 0 Å². The third-order valence-corrected chi connectivity index (χ3v) is 3.52. The fraction of sp³-hybridized carbons (Fsp3) is 0.692. The van der Waals surface area contributed by atoms with Gasteiger partial charge in [0.25, 0.3) is 0 Å². The Morgan fingerprint density at radius 2 is 2.07 bits per heavy atom. The van der Waals surface area contributed by atoms with E-state index in [0.717, 1.165) is 17.9 Å². The molecule has 1 saturated carbocycles. The highest BCUT2D eigenvalue weighted by Gasteiger charge is 2.23. The normalized spacial score (nSPS) is 20.4. The van der Waals surface area contributed by atoms with Crippen molar-refractivity contribution in [1.82, 2.24) is 0 Å². The van der Waals surface area contributed by atoms with E-state index < -0.39 is 0 Å². The molecule has 1 aliphatic carbocycles.